The van der Waals surface area contributed by atoms with Crippen LogP contribution < -0.4 is 0 Å². The summed E-state index contributed by atoms with van der Waals surface area (Å²) in [4.78, 5) is 0. The second kappa shape index (κ2) is 6.73. The summed E-state index contributed by atoms with van der Waals surface area (Å²) >= 11 is 0. The van der Waals surface area contributed by atoms with Crippen molar-refractivity contribution in [3.63, 3.8) is 0 Å². The number of rotatable bonds is 7. The molecule has 7 heteroatoms. The van der Waals surface area contributed by atoms with Crippen molar-refractivity contribution in [1.29, 1.82) is 0 Å². The molecule has 0 aliphatic heterocycles. The van der Waals surface area contributed by atoms with Crippen LogP contribution in [0, 0.1) is 0 Å². The van der Waals surface area contributed by atoms with Crippen molar-refractivity contribution in [3.8, 4) is 0 Å². The summed E-state index contributed by atoms with van der Waals surface area (Å²) in [7, 11) is -2.11. The fourth-order valence-electron chi connectivity index (χ4n) is 1.20. The highest BCUT2D eigenvalue weighted by Gasteiger charge is 2.30. The summed E-state index contributed by atoms with van der Waals surface area (Å²) in [6.07, 6.45) is -1.08. The predicted octanol–water partition coefficient (Wildman–Crippen LogP) is 1.26. The van der Waals surface area contributed by atoms with Crippen molar-refractivity contribution in [1.82, 2.24) is 5.06 Å². The van der Waals surface area contributed by atoms with Crippen LogP contribution in [-0.4, -0.2) is 43.2 Å². The molecule has 0 amide bonds. The van der Waals surface area contributed by atoms with Gasteiger partial charge in [0.1, 0.15) is 12.5 Å². The van der Waals surface area contributed by atoms with E-state index >= 15 is 0 Å². The van der Waals surface area contributed by atoms with Gasteiger partial charge in [-0.15, -0.1) is 5.06 Å². The second-order valence-corrected chi connectivity index (χ2v) is 9.26. The Hall–Kier alpha value is 0.0818. The highest BCUT2D eigenvalue weighted by molar-refractivity contribution is 6.75. The van der Waals surface area contributed by atoms with Crippen molar-refractivity contribution in [2.45, 2.75) is 59.2 Å². The lowest BCUT2D eigenvalue weighted by molar-refractivity contribution is -0.245. The van der Waals surface area contributed by atoms with Crippen LogP contribution >= 0.6 is 0 Å². The van der Waals surface area contributed by atoms with Gasteiger partial charge < -0.3 is 19.3 Å². The zero-order valence-corrected chi connectivity index (χ0v) is 12.1. The van der Waals surface area contributed by atoms with Crippen LogP contribution in [0.2, 0.25) is 26.0 Å². The molecule has 0 aromatic rings. The van der Waals surface area contributed by atoms with Gasteiger partial charge >= 0.3 is 7.12 Å². The molecule has 0 saturated carbocycles. The highest BCUT2D eigenvalue weighted by Crippen LogP contribution is 2.12. The van der Waals surface area contributed by atoms with Gasteiger partial charge in [-0.05, 0) is 39.8 Å². The van der Waals surface area contributed by atoms with Gasteiger partial charge in [-0.25, -0.2) is 0 Å². The van der Waals surface area contributed by atoms with Gasteiger partial charge in [0.15, 0.2) is 8.32 Å². The Morgan fingerprint density at radius 1 is 1.19 bits per heavy atom. The summed E-state index contributed by atoms with van der Waals surface area (Å²) in [5, 5.41) is 20.0. The van der Waals surface area contributed by atoms with E-state index in [4.69, 9.17) is 9.10 Å². The lowest BCUT2D eigenvalue weighted by Gasteiger charge is -2.32. The van der Waals surface area contributed by atoms with Gasteiger partial charge in [0.05, 0.1) is 0 Å². The van der Waals surface area contributed by atoms with E-state index < -0.39 is 27.9 Å². The van der Waals surface area contributed by atoms with Gasteiger partial charge in [-0.2, -0.15) is 0 Å². The van der Waals surface area contributed by atoms with Gasteiger partial charge in [0.2, 0.25) is 0 Å². The van der Waals surface area contributed by atoms with Gasteiger partial charge in [0.25, 0.3) is 0 Å². The van der Waals surface area contributed by atoms with Crippen LogP contribution in [0.25, 0.3) is 0 Å². The Balaban J connectivity index is 4.39. The highest BCUT2D eigenvalue weighted by atomic mass is 28.4. The molecule has 0 fully saturated rings. The zero-order valence-electron chi connectivity index (χ0n) is 11.1. The molecule has 0 rings (SSSR count). The number of hydrogen-bond acceptors (Lipinski definition) is 5. The molecule has 0 unspecified atom stereocenters. The third-order valence-corrected chi connectivity index (χ3v) is 2.76. The van der Waals surface area contributed by atoms with Crippen molar-refractivity contribution < 1.29 is 19.3 Å². The molecule has 0 saturated heterocycles. The molecular formula is C9H24BNO4Si. The number of hydroxylamine groups is 2. The predicted molar refractivity (Wildman–Crippen MR) is 67.0 cm³/mol. The van der Waals surface area contributed by atoms with Crippen LogP contribution in [-0.2, 0) is 9.10 Å². The number of hydrogen-bond donors (Lipinski definition) is 2. The topological polar surface area (TPSA) is 62.2 Å². The van der Waals surface area contributed by atoms with Crippen LogP contribution in [0.3, 0.4) is 0 Å². The van der Waals surface area contributed by atoms with E-state index in [1.165, 1.54) is 13.8 Å². The second-order valence-electron chi connectivity index (χ2n) is 4.80. The molecule has 0 aromatic heterocycles. The lowest BCUT2D eigenvalue weighted by Crippen LogP contribution is -2.47. The summed E-state index contributed by atoms with van der Waals surface area (Å²) < 4.78 is 11.2. The lowest BCUT2D eigenvalue weighted by atomic mass is 9.88. The van der Waals surface area contributed by atoms with Gasteiger partial charge in [-0.3, -0.25) is 0 Å². The SMILES string of the molecule is CCB(ON([C@H](C)O)[C@@H](C)O)O[Si](C)(C)C. The normalized spacial score (nSPS) is 16.3. The Morgan fingerprint density at radius 2 is 1.62 bits per heavy atom. The van der Waals surface area contributed by atoms with Gasteiger partial charge in [-0.1, -0.05) is 6.92 Å². The Bertz CT molecular complexity index is 190. The minimum Gasteiger partial charge on any atom is -0.453 e. The van der Waals surface area contributed by atoms with E-state index in [1.54, 1.807) is 0 Å². The molecule has 0 aliphatic rings. The van der Waals surface area contributed by atoms with Gasteiger partial charge in [0, 0.05) is 0 Å². The maximum atomic E-state index is 9.42. The first-order valence-electron chi connectivity index (χ1n) is 5.66. The van der Waals surface area contributed by atoms with Crippen molar-refractivity contribution in [2.24, 2.45) is 0 Å². The molecule has 0 heterocycles. The molecule has 0 aromatic carbocycles. The van der Waals surface area contributed by atoms with E-state index in [0.29, 0.717) is 6.32 Å². The van der Waals surface area contributed by atoms with E-state index in [2.05, 4.69) is 19.6 Å². The minimum absolute atomic E-state index is 0.420. The third-order valence-electron chi connectivity index (χ3n) is 1.79. The van der Waals surface area contributed by atoms with Crippen molar-refractivity contribution in [2.75, 3.05) is 0 Å². The third kappa shape index (κ3) is 6.62. The fourth-order valence-corrected chi connectivity index (χ4v) is 2.20. The molecule has 5 nitrogen and oxygen atoms in total. The molecular weight excluding hydrogens is 225 g/mol. The Labute approximate surface area is 99.6 Å². The summed E-state index contributed by atoms with van der Waals surface area (Å²) in [6.45, 7) is 11.2. The number of aliphatic hydroxyl groups excluding tert-OH is 2. The molecule has 0 aliphatic carbocycles. The molecule has 0 spiro atoms. The molecule has 2 N–H and O–H groups in total. The summed E-state index contributed by atoms with van der Waals surface area (Å²) in [5.74, 6) is 0. The number of aliphatic hydroxyl groups is 2. The van der Waals surface area contributed by atoms with E-state index in [1.807, 2.05) is 6.92 Å². The summed E-state index contributed by atoms with van der Waals surface area (Å²) in [5.41, 5.74) is 0. The average Bonchev–Trinajstić information content (AvgIpc) is 2.08. The quantitative estimate of drug-likeness (QED) is 0.404. The maximum absolute atomic E-state index is 9.42. The first-order valence-corrected chi connectivity index (χ1v) is 9.07. The Kier molecular flexibility index (Phi) is 6.76. The monoisotopic (exact) mass is 249 g/mol. The molecule has 2 atom stereocenters. The van der Waals surface area contributed by atoms with E-state index in [-0.39, 0.29) is 0 Å². The minimum atomic E-state index is -1.69. The van der Waals surface area contributed by atoms with Crippen LogP contribution in [0.4, 0.5) is 0 Å². The van der Waals surface area contributed by atoms with E-state index in [0.717, 1.165) is 5.06 Å². The van der Waals surface area contributed by atoms with Crippen LogP contribution in [0.1, 0.15) is 20.8 Å². The van der Waals surface area contributed by atoms with Crippen LogP contribution in [0.5, 0.6) is 0 Å². The average molecular weight is 249 g/mol. The molecule has 0 bridgehead atoms. The first-order chi connectivity index (χ1) is 7.17. The standard InChI is InChI=1S/C9H24BNO4Si/c1-7-10(15-16(4,5)6)14-11(8(2)12)9(3)13/h8-9,12-13H,7H2,1-6H3/t8-,9+. The number of nitrogens with zero attached hydrogens (tertiary/aromatic N) is 1. The Morgan fingerprint density at radius 3 is 1.88 bits per heavy atom. The largest absolute Gasteiger partial charge is 0.464 e. The smallest absolute Gasteiger partial charge is 0.453 e. The maximum Gasteiger partial charge on any atom is 0.464 e. The zero-order chi connectivity index (χ0) is 12.9. The molecule has 96 valence electrons. The fraction of sp³-hybridized carbons (Fsp3) is 1.00. The van der Waals surface area contributed by atoms with E-state index in [9.17, 15) is 10.2 Å². The van der Waals surface area contributed by atoms with Crippen molar-refractivity contribution in [3.05, 3.63) is 0 Å². The van der Waals surface area contributed by atoms with Crippen molar-refractivity contribution >= 4 is 15.4 Å². The summed E-state index contributed by atoms with van der Waals surface area (Å²) in [6, 6.07) is 0. The van der Waals surface area contributed by atoms with Crippen LogP contribution in [0.15, 0.2) is 0 Å². The first kappa shape index (κ1) is 16.1. The molecule has 16 heavy (non-hydrogen) atoms. The molecule has 0 radical (unpaired) electrons.